The smallest absolute Gasteiger partial charge is 0.295 e. The third-order valence-electron chi connectivity index (χ3n) is 5.16. The fourth-order valence-corrected chi connectivity index (χ4v) is 3.67. The van der Waals surface area contributed by atoms with Crippen LogP contribution in [0.1, 0.15) is 42.4 Å². The minimum atomic E-state index is -0.876. The molecule has 8 heteroatoms. The van der Waals surface area contributed by atoms with Crippen molar-refractivity contribution in [3.63, 3.8) is 0 Å². The molecule has 1 heterocycles. The van der Waals surface area contributed by atoms with Crippen LogP contribution >= 0.6 is 0 Å². The molecule has 1 N–H and O–H groups in total. The van der Waals surface area contributed by atoms with E-state index in [4.69, 9.17) is 14.2 Å². The molecule has 8 nitrogen and oxygen atoms in total. The minimum Gasteiger partial charge on any atom is -0.493 e. The number of hydrogen-bond donors (Lipinski definition) is 1. The number of amides is 2. The normalized spacial score (nSPS) is 14.1. The third-order valence-corrected chi connectivity index (χ3v) is 5.16. The number of nitrogens with one attached hydrogen (secondary N) is 1. The predicted molar refractivity (Wildman–Crippen MR) is 123 cm³/mol. The van der Waals surface area contributed by atoms with Gasteiger partial charge in [-0.3, -0.25) is 14.4 Å². The Morgan fingerprint density at radius 1 is 0.969 bits per heavy atom. The van der Waals surface area contributed by atoms with Gasteiger partial charge in [0.1, 0.15) is 6.04 Å². The number of methoxy groups -OCH3 is 3. The lowest BCUT2D eigenvalue weighted by Crippen LogP contribution is -2.48. The Labute approximate surface area is 189 Å². The molecule has 1 unspecified atom stereocenters. The van der Waals surface area contributed by atoms with Crippen molar-refractivity contribution in [2.24, 2.45) is 0 Å². The Morgan fingerprint density at radius 3 is 2.09 bits per heavy atom. The molecule has 0 saturated carbocycles. The number of nitrogens with zero attached hydrogens (tertiary/aromatic N) is 1. The van der Waals surface area contributed by atoms with Crippen molar-refractivity contribution in [3.05, 3.63) is 53.1 Å². The lowest BCUT2D eigenvalue weighted by molar-refractivity contribution is -0.137. The number of likely N-dealkylation sites (N-methyl/N-ethyl adjacent to an activating group) is 1. The molecule has 3 rings (SSSR count). The van der Waals surface area contributed by atoms with Gasteiger partial charge >= 0.3 is 0 Å². The van der Waals surface area contributed by atoms with E-state index in [2.05, 4.69) is 5.32 Å². The molecule has 2 amide bonds. The molecule has 0 aliphatic carbocycles. The summed E-state index contributed by atoms with van der Waals surface area (Å²) in [5.74, 6) is -1.04. The summed E-state index contributed by atoms with van der Waals surface area (Å²) >= 11 is 0. The van der Waals surface area contributed by atoms with Crippen molar-refractivity contribution in [1.82, 2.24) is 10.2 Å². The van der Waals surface area contributed by atoms with E-state index in [-0.39, 0.29) is 44.4 Å². The van der Waals surface area contributed by atoms with Crippen molar-refractivity contribution in [2.45, 2.75) is 27.3 Å². The number of fused-ring (bicyclic) bond motifs is 1. The van der Waals surface area contributed by atoms with Gasteiger partial charge in [0, 0.05) is 19.2 Å². The minimum absolute atomic E-state index is 0. The first-order chi connectivity index (χ1) is 14.5. The summed E-state index contributed by atoms with van der Waals surface area (Å²) in [7, 11) is 5.81. The summed E-state index contributed by atoms with van der Waals surface area (Å²) in [6.45, 7) is 0.254. The predicted octanol–water partition coefficient (Wildman–Crippen LogP) is 3.04. The van der Waals surface area contributed by atoms with E-state index in [9.17, 15) is 14.4 Å². The average molecular weight is 445 g/mol. The standard InChI is InChI=1S/C22H24N2O6.2CH4/c1-23-21(26)18-15-8-6-5-7-13(15)9-10-24(18)22(27)19(25)14-11-16(28-2)20(30-4)17(12-14)29-3;;/h5-8,11-12,18H,9-10H2,1-4H3,(H,23,26);2*1H4. The molecular weight excluding hydrogens is 412 g/mol. The molecule has 0 bridgehead atoms. The van der Waals surface area contributed by atoms with Crippen LogP contribution in [0.4, 0.5) is 0 Å². The maximum Gasteiger partial charge on any atom is 0.295 e. The van der Waals surface area contributed by atoms with Gasteiger partial charge in [-0.05, 0) is 29.7 Å². The number of carbonyl (C=O) groups is 3. The molecule has 174 valence electrons. The number of ether oxygens (including phenoxy) is 3. The van der Waals surface area contributed by atoms with Gasteiger partial charge in [0.05, 0.1) is 21.3 Å². The van der Waals surface area contributed by atoms with Gasteiger partial charge in [0.2, 0.25) is 11.7 Å². The lowest BCUT2D eigenvalue weighted by atomic mass is 9.91. The van der Waals surface area contributed by atoms with Gasteiger partial charge in [-0.2, -0.15) is 0 Å². The van der Waals surface area contributed by atoms with Gasteiger partial charge in [0.25, 0.3) is 11.7 Å². The van der Waals surface area contributed by atoms with E-state index in [0.29, 0.717) is 17.7 Å². The fourth-order valence-electron chi connectivity index (χ4n) is 3.67. The van der Waals surface area contributed by atoms with E-state index in [1.54, 1.807) is 6.07 Å². The average Bonchev–Trinajstić information content (AvgIpc) is 2.80. The zero-order valence-corrected chi connectivity index (χ0v) is 17.4. The van der Waals surface area contributed by atoms with E-state index >= 15 is 0 Å². The van der Waals surface area contributed by atoms with E-state index in [1.807, 2.05) is 18.2 Å². The highest BCUT2D eigenvalue weighted by Gasteiger charge is 2.38. The Bertz CT molecular complexity index is 963. The van der Waals surface area contributed by atoms with Gasteiger partial charge < -0.3 is 24.4 Å². The van der Waals surface area contributed by atoms with Crippen molar-refractivity contribution in [1.29, 1.82) is 0 Å². The highest BCUT2D eigenvalue weighted by Crippen LogP contribution is 2.39. The van der Waals surface area contributed by atoms with E-state index < -0.39 is 17.7 Å². The van der Waals surface area contributed by atoms with Crippen LogP contribution in [0.2, 0.25) is 0 Å². The van der Waals surface area contributed by atoms with Crippen LogP contribution in [-0.2, 0) is 16.0 Å². The Morgan fingerprint density at radius 2 is 1.56 bits per heavy atom. The summed E-state index contributed by atoms with van der Waals surface area (Å²) in [5, 5.41) is 2.59. The van der Waals surface area contributed by atoms with E-state index in [0.717, 1.165) is 5.56 Å². The van der Waals surface area contributed by atoms with Crippen LogP contribution < -0.4 is 19.5 Å². The molecule has 1 aliphatic heterocycles. The first kappa shape index (κ1) is 26.5. The number of carbonyl (C=O) groups excluding carboxylic acids is 3. The summed E-state index contributed by atoms with van der Waals surface area (Å²) in [5.41, 5.74) is 1.79. The van der Waals surface area contributed by atoms with Crippen LogP contribution in [0.3, 0.4) is 0 Å². The highest BCUT2D eigenvalue weighted by molar-refractivity contribution is 6.43. The monoisotopic (exact) mass is 444 g/mol. The molecule has 32 heavy (non-hydrogen) atoms. The van der Waals surface area contributed by atoms with Crippen LogP contribution in [0.5, 0.6) is 17.2 Å². The Hall–Kier alpha value is -3.55. The number of Topliss-reactive ketones (excluding diaryl/α,β-unsaturated/α-hetero) is 1. The molecular formula is C24H32N2O6. The molecule has 2 aromatic carbocycles. The summed E-state index contributed by atoms with van der Waals surface area (Å²) in [6.07, 6.45) is 0.554. The quantitative estimate of drug-likeness (QED) is 0.544. The fraction of sp³-hybridized carbons (Fsp3) is 0.375. The maximum atomic E-state index is 13.2. The topological polar surface area (TPSA) is 94.2 Å². The molecule has 1 aliphatic rings. The summed E-state index contributed by atoms with van der Waals surface area (Å²) in [4.78, 5) is 40.2. The van der Waals surface area contributed by atoms with Gasteiger partial charge in [0.15, 0.2) is 11.5 Å². The second kappa shape index (κ2) is 11.2. The van der Waals surface area contributed by atoms with Crippen LogP contribution in [0.25, 0.3) is 0 Å². The number of benzene rings is 2. The van der Waals surface area contributed by atoms with Gasteiger partial charge in [-0.1, -0.05) is 39.1 Å². The molecule has 2 aromatic rings. The van der Waals surface area contributed by atoms with Crippen LogP contribution in [-0.4, -0.2) is 57.4 Å². The number of hydrogen-bond acceptors (Lipinski definition) is 6. The van der Waals surface area contributed by atoms with Crippen molar-refractivity contribution in [2.75, 3.05) is 34.9 Å². The molecule has 1 atom stereocenters. The molecule has 0 saturated heterocycles. The molecule has 0 fully saturated rings. The summed E-state index contributed by atoms with van der Waals surface area (Å²) < 4.78 is 15.8. The lowest BCUT2D eigenvalue weighted by Gasteiger charge is -2.35. The third kappa shape index (κ3) is 4.69. The zero-order chi connectivity index (χ0) is 21.8. The largest absolute Gasteiger partial charge is 0.493 e. The number of rotatable bonds is 6. The van der Waals surface area contributed by atoms with Gasteiger partial charge in [-0.25, -0.2) is 0 Å². The summed E-state index contributed by atoms with van der Waals surface area (Å²) in [6, 6.07) is 9.40. The first-order valence-corrected chi connectivity index (χ1v) is 9.41. The molecule has 0 radical (unpaired) electrons. The zero-order valence-electron chi connectivity index (χ0n) is 17.4. The van der Waals surface area contributed by atoms with E-state index in [1.165, 1.54) is 45.4 Å². The second-order valence-corrected chi connectivity index (χ2v) is 6.71. The second-order valence-electron chi connectivity index (χ2n) is 6.71. The molecule has 0 spiro atoms. The Kier molecular flexibility index (Phi) is 9.25. The van der Waals surface area contributed by atoms with Crippen LogP contribution in [0.15, 0.2) is 36.4 Å². The number of ketones is 1. The van der Waals surface area contributed by atoms with Crippen molar-refractivity contribution >= 4 is 17.6 Å². The van der Waals surface area contributed by atoms with Crippen molar-refractivity contribution < 1.29 is 28.6 Å². The molecule has 0 aromatic heterocycles. The first-order valence-electron chi connectivity index (χ1n) is 9.41. The highest BCUT2D eigenvalue weighted by atomic mass is 16.5. The Balaban J connectivity index is 0.00000256. The van der Waals surface area contributed by atoms with Gasteiger partial charge in [-0.15, -0.1) is 0 Å². The van der Waals surface area contributed by atoms with Crippen molar-refractivity contribution in [3.8, 4) is 17.2 Å². The van der Waals surface area contributed by atoms with Crippen LogP contribution in [0, 0.1) is 0 Å². The maximum absolute atomic E-state index is 13.2. The SMILES string of the molecule is C.C.CNC(=O)C1c2ccccc2CCN1C(=O)C(=O)c1cc(OC)c(OC)c(OC)c1.